The predicted molar refractivity (Wildman–Crippen MR) is 265 cm³/mol. The van der Waals surface area contributed by atoms with E-state index in [-0.39, 0.29) is 25.2 Å². The first-order chi connectivity index (χ1) is 30.1. The minimum Gasteiger partial charge on any atom is -0.462 e. The Labute approximate surface area is 381 Å². The molecule has 0 fully saturated rings. The average molecular weight is 859 g/mol. The molecular formula is C56H106O5. The molecule has 61 heavy (non-hydrogen) atoms. The number of hydrogen-bond acceptors (Lipinski definition) is 5. The predicted octanol–water partition coefficient (Wildman–Crippen LogP) is 18.1. The Balaban J connectivity index is 3.28. The van der Waals surface area contributed by atoms with E-state index in [2.05, 4.69) is 38.2 Å². The van der Waals surface area contributed by atoms with Crippen LogP contribution in [0.1, 0.15) is 303 Å². The summed E-state index contributed by atoms with van der Waals surface area (Å²) in [5.74, 6) is -0.586. The first kappa shape index (κ1) is 59.4. The summed E-state index contributed by atoms with van der Waals surface area (Å²) in [5, 5.41) is 9.53. The first-order valence-electron chi connectivity index (χ1n) is 27.4. The minimum absolute atomic E-state index is 0.0602. The van der Waals surface area contributed by atoms with Gasteiger partial charge in [-0.2, -0.15) is 0 Å². The lowest BCUT2D eigenvalue weighted by Crippen LogP contribution is -2.28. The standard InChI is InChI=1S/C56H106O5/c1-3-5-7-9-11-12-13-14-15-16-17-18-19-20-21-22-23-24-25-26-27-28-29-30-31-32-33-34-35-36-37-38-39-40-41-42-43-44-45-47-49-51-56(59)61-54(52-57)53-60-55(58)50-48-46-10-8-6-4-2/h13-14,16-17,54,57H,3-12,15,18-53H2,1-2H3/b14-13-,17-16-. The van der Waals surface area contributed by atoms with E-state index in [1.165, 1.54) is 231 Å². The molecule has 0 aliphatic rings. The van der Waals surface area contributed by atoms with Crippen LogP contribution in [0.25, 0.3) is 0 Å². The number of aliphatic hydroxyl groups excluding tert-OH is 1. The van der Waals surface area contributed by atoms with Gasteiger partial charge in [0.05, 0.1) is 6.61 Å². The van der Waals surface area contributed by atoms with Crippen molar-refractivity contribution in [1.29, 1.82) is 0 Å². The van der Waals surface area contributed by atoms with Crippen molar-refractivity contribution in [1.82, 2.24) is 0 Å². The van der Waals surface area contributed by atoms with Gasteiger partial charge in [-0.05, 0) is 44.9 Å². The molecular weight excluding hydrogens is 753 g/mol. The third kappa shape index (κ3) is 50.9. The number of aliphatic hydroxyl groups is 1. The number of esters is 2. The first-order valence-corrected chi connectivity index (χ1v) is 27.4. The van der Waals surface area contributed by atoms with Crippen LogP contribution in [0.15, 0.2) is 24.3 Å². The second-order valence-electron chi connectivity index (χ2n) is 18.7. The van der Waals surface area contributed by atoms with Crippen LogP contribution in [0.3, 0.4) is 0 Å². The number of carbonyl (C=O) groups excluding carboxylic acids is 2. The fourth-order valence-corrected chi connectivity index (χ4v) is 8.35. The molecule has 0 spiro atoms. The Morgan fingerprint density at radius 1 is 0.377 bits per heavy atom. The van der Waals surface area contributed by atoms with Crippen molar-refractivity contribution in [3.63, 3.8) is 0 Å². The van der Waals surface area contributed by atoms with E-state index in [9.17, 15) is 14.7 Å². The van der Waals surface area contributed by atoms with E-state index in [1.807, 2.05) is 0 Å². The third-order valence-corrected chi connectivity index (χ3v) is 12.5. The number of carbonyl (C=O) groups is 2. The maximum atomic E-state index is 12.2. The van der Waals surface area contributed by atoms with Crippen LogP contribution < -0.4 is 0 Å². The van der Waals surface area contributed by atoms with Crippen LogP contribution in [0, 0.1) is 0 Å². The quantitative estimate of drug-likeness (QED) is 0.0375. The molecule has 0 radical (unpaired) electrons. The van der Waals surface area contributed by atoms with Crippen LogP contribution in [0.2, 0.25) is 0 Å². The summed E-state index contributed by atoms with van der Waals surface area (Å²) in [4.78, 5) is 24.1. The number of hydrogen-bond donors (Lipinski definition) is 1. The highest BCUT2D eigenvalue weighted by atomic mass is 16.6. The summed E-state index contributed by atoms with van der Waals surface area (Å²) >= 11 is 0. The van der Waals surface area contributed by atoms with Crippen LogP contribution in [-0.4, -0.2) is 36.4 Å². The summed E-state index contributed by atoms with van der Waals surface area (Å²) in [5.41, 5.74) is 0. The van der Waals surface area contributed by atoms with Crippen molar-refractivity contribution in [2.45, 2.75) is 309 Å². The van der Waals surface area contributed by atoms with E-state index < -0.39 is 6.10 Å². The molecule has 0 aromatic heterocycles. The van der Waals surface area contributed by atoms with Gasteiger partial charge in [-0.3, -0.25) is 9.59 Å². The molecule has 0 bridgehead atoms. The lowest BCUT2D eigenvalue weighted by atomic mass is 10.0. The summed E-state index contributed by atoms with van der Waals surface area (Å²) in [6.07, 6.45) is 66.5. The lowest BCUT2D eigenvalue weighted by Gasteiger charge is -2.15. The maximum absolute atomic E-state index is 12.2. The Bertz CT molecular complexity index is 928. The fraction of sp³-hybridized carbons (Fsp3) is 0.893. The van der Waals surface area contributed by atoms with Gasteiger partial charge in [-0.25, -0.2) is 0 Å². The molecule has 0 aliphatic heterocycles. The Hall–Kier alpha value is -1.62. The number of allylic oxidation sites excluding steroid dienone is 4. The van der Waals surface area contributed by atoms with E-state index in [0.29, 0.717) is 12.8 Å². The van der Waals surface area contributed by atoms with E-state index in [4.69, 9.17) is 9.47 Å². The largest absolute Gasteiger partial charge is 0.462 e. The summed E-state index contributed by atoms with van der Waals surface area (Å²) < 4.78 is 10.6. The van der Waals surface area contributed by atoms with Crippen molar-refractivity contribution in [2.75, 3.05) is 13.2 Å². The van der Waals surface area contributed by atoms with Crippen molar-refractivity contribution in [3.05, 3.63) is 24.3 Å². The van der Waals surface area contributed by atoms with Crippen molar-refractivity contribution in [3.8, 4) is 0 Å². The number of ether oxygens (including phenoxy) is 2. The van der Waals surface area contributed by atoms with Gasteiger partial charge in [0.15, 0.2) is 6.10 Å². The van der Waals surface area contributed by atoms with Crippen LogP contribution in [0.5, 0.6) is 0 Å². The maximum Gasteiger partial charge on any atom is 0.306 e. The zero-order chi connectivity index (χ0) is 44.2. The molecule has 5 heteroatoms. The van der Waals surface area contributed by atoms with E-state index in [0.717, 1.165) is 44.9 Å². The van der Waals surface area contributed by atoms with Gasteiger partial charge in [-0.15, -0.1) is 0 Å². The van der Waals surface area contributed by atoms with Gasteiger partial charge < -0.3 is 14.6 Å². The van der Waals surface area contributed by atoms with Gasteiger partial charge in [0.2, 0.25) is 0 Å². The average Bonchev–Trinajstić information content (AvgIpc) is 3.26. The summed E-state index contributed by atoms with van der Waals surface area (Å²) in [7, 11) is 0. The number of rotatable bonds is 51. The molecule has 0 saturated carbocycles. The highest BCUT2D eigenvalue weighted by Gasteiger charge is 2.16. The molecule has 0 aromatic rings. The topological polar surface area (TPSA) is 72.8 Å². The zero-order valence-corrected chi connectivity index (χ0v) is 41.2. The Morgan fingerprint density at radius 2 is 0.656 bits per heavy atom. The molecule has 0 heterocycles. The van der Waals surface area contributed by atoms with E-state index in [1.54, 1.807) is 0 Å². The Kier molecular flexibility index (Phi) is 51.3. The minimum atomic E-state index is -0.762. The normalized spacial score (nSPS) is 12.2. The second kappa shape index (κ2) is 52.7. The van der Waals surface area contributed by atoms with Gasteiger partial charge in [0, 0.05) is 12.8 Å². The molecule has 0 amide bonds. The smallest absolute Gasteiger partial charge is 0.306 e. The molecule has 5 nitrogen and oxygen atoms in total. The third-order valence-electron chi connectivity index (χ3n) is 12.5. The summed E-state index contributed by atoms with van der Waals surface area (Å²) in [6, 6.07) is 0. The molecule has 0 saturated heterocycles. The van der Waals surface area contributed by atoms with Crippen molar-refractivity contribution in [2.24, 2.45) is 0 Å². The highest BCUT2D eigenvalue weighted by Crippen LogP contribution is 2.17. The lowest BCUT2D eigenvalue weighted by molar-refractivity contribution is -0.161. The molecule has 360 valence electrons. The second-order valence-corrected chi connectivity index (χ2v) is 18.7. The molecule has 1 N–H and O–H groups in total. The van der Waals surface area contributed by atoms with Crippen LogP contribution in [0.4, 0.5) is 0 Å². The molecule has 0 aliphatic carbocycles. The molecule has 1 atom stereocenters. The van der Waals surface area contributed by atoms with Gasteiger partial charge in [0.1, 0.15) is 6.61 Å². The van der Waals surface area contributed by atoms with Gasteiger partial charge in [0.25, 0.3) is 0 Å². The summed E-state index contributed by atoms with van der Waals surface area (Å²) in [6.45, 7) is 4.09. The molecule has 1 unspecified atom stereocenters. The van der Waals surface area contributed by atoms with E-state index >= 15 is 0 Å². The SMILES string of the molecule is CCCCCCC/C=C\C/C=C\CCCCCCCCCCCCCCCCCCCCCCCCCCCCCCCC(=O)OC(CO)COC(=O)CCCCCCCC. The monoisotopic (exact) mass is 859 g/mol. The zero-order valence-electron chi connectivity index (χ0n) is 41.2. The van der Waals surface area contributed by atoms with Crippen molar-refractivity contribution >= 4 is 11.9 Å². The highest BCUT2D eigenvalue weighted by molar-refractivity contribution is 5.70. The van der Waals surface area contributed by atoms with Crippen LogP contribution in [-0.2, 0) is 19.1 Å². The van der Waals surface area contributed by atoms with Gasteiger partial charge in [-0.1, -0.05) is 269 Å². The van der Waals surface area contributed by atoms with Gasteiger partial charge >= 0.3 is 11.9 Å². The molecule has 0 rings (SSSR count). The number of unbranched alkanes of at least 4 members (excludes halogenated alkanes) is 39. The van der Waals surface area contributed by atoms with Crippen molar-refractivity contribution < 1.29 is 24.2 Å². The Morgan fingerprint density at radius 3 is 0.967 bits per heavy atom. The molecule has 0 aromatic carbocycles. The fourth-order valence-electron chi connectivity index (χ4n) is 8.35. The van der Waals surface area contributed by atoms with Crippen LogP contribution >= 0.6 is 0 Å².